The fourth-order valence-electron chi connectivity index (χ4n) is 5.99. The Morgan fingerprint density at radius 2 is 1.80 bits per heavy atom. The number of primary amides is 1. The highest BCUT2D eigenvalue weighted by atomic mass is 35.5. The molecule has 7 rings (SSSR count). The van der Waals surface area contributed by atoms with E-state index < -0.39 is 5.91 Å². The number of H-pyrrole nitrogens is 1. The maximum Gasteiger partial charge on any atom is 0.321 e. The summed E-state index contributed by atoms with van der Waals surface area (Å²) in [5, 5.41) is 5.11. The van der Waals surface area contributed by atoms with E-state index in [2.05, 4.69) is 10.3 Å². The quantitative estimate of drug-likeness (QED) is 0.266. The van der Waals surface area contributed by atoms with E-state index in [0.717, 1.165) is 49.9 Å². The molecule has 0 atom stereocenters. The lowest BCUT2D eigenvalue weighted by Crippen LogP contribution is -2.27. The van der Waals surface area contributed by atoms with Gasteiger partial charge in [0.2, 0.25) is 0 Å². The van der Waals surface area contributed by atoms with E-state index in [-0.39, 0.29) is 11.9 Å². The largest absolute Gasteiger partial charge is 0.366 e. The van der Waals surface area contributed by atoms with Gasteiger partial charge in [0.25, 0.3) is 11.8 Å². The molecule has 1 aromatic heterocycles. The van der Waals surface area contributed by atoms with E-state index in [9.17, 15) is 14.4 Å². The number of carbonyl (C=O) groups excluding carboxylic acids is 3. The monoisotopic (exact) mass is 549 g/mol. The zero-order chi connectivity index (χ0) is 27.7. The van der Waals surface area contributed by atoms with Crippen LogP contribution in [0.1, 0.15) is 31.8 Å². The van der Waals surface area contributed by atoms with Gasteiger partial charge in [-0.25, -0.2) is 4.79 Å². The molecule has 0 spiro atoms. The average molecular weight is 550 g/mol. The summed E-state index contributed by atoms with van der Waals surface area (Å²) >= 11 is 6.17. The van der Waals surface area contributed by atoms with E-state index in [4.69, 9.17) is 17.3 Å². The molecule has 0 radical (unpaired) electrons. The number of benzene rings is 4. The molecule has 0 bridgehead atoms. The van der Waals surface area contributed by atoms with Gasteiger partial charge in [0, 0.05) is 51.3 Å². The van der Waals surface area contributed by atoms with Crippen molar-refractivity contribution in [3.05, 3.63) is 94.0 Å². The van der Waals surface area contributed by atoms with Crippen molar-refractivity contribution in [1.29, 1.82) is 0 Å². The molecule has 5 aromatic rings. The fourth-order valence-corrected chi connectivity index (χ4v) is 6.16. The van der Waals surface area contributed by atoms with E-state index in [1.54, 1.807) is 28.0 Å². The van der Waals surface area contributed by atoms with Crippen molar-refractivity contribution in [2.45, 2.75) is 13.5 Å². The molecule has 0 saturated carbocycles. The van der Waals surface area contributed by atoms with Crippen molar-refractivity contribution in [3.63, 3.8) is 0 Å². The lowest BCUT2D eigenvalue weighted by Gasteiger charge is -2.21. The number of rotatable bonds is 4. The molecule has 2 aliphatic heterocycles. The number of amides is 4. The van der Waals surface area contributed by atoms with Crippen LogP contribution < -0.4 is 20.9 Å². The SMILES string of the molecule is Cc1c(-c2ccc(C(N)=O)c3[nH]c4cc(N5CCNC5=O)ccc4c23)cccc1N1Cc2ccc(Cl)cc2C1=O. The summed E-state index contributed by atoms with van der Waals surface area (Å²) in [5.41, 5.74) is 13.5. The first-order valence-corrected chi connectivity index (χ1v) is 13.3. The molecule has 4 amide bonds. The fraction of sp³-hybridized carbons (Fsp3) is 0.129. The minimum atomic E-state index is -0.535. The number of aromatic amines is 1. The number of nitrogens with one attached hydrogen (secondary N) is 2. The second-order valence-corrected chi connectivity index (χ2v) is 10.6. The standard InChI is InChI=1S/C31H24ClN5O3/c1-16-20(3-2-4-26(16)37-15-17-5-6-18(32)13-24(17)30(37)39)21-9-10-23(29(33)38)28-27(21)22-8-7-19(14-25(22)35-28)36-12-11-34-31(36)40/h2-10,13-14,35H,11-12,15H2,1H3,(H2,33,38)(H,34,40). The summed E-state index contributed by atoms with van der Waals surface area (Å²) in [4.78, 5) is 44.9. The molecule has 1 fully saturated rings. The molecular formula is C31H24ClN5O3. The zero-order valence-corrected chi connectivity index (χ0v) is 22.3. The topological polar surface area (TPSA) is 112 Å². The highest BCUT2D eigenvalue weighted by Gasteiger charge is 2.30. The molecule has 198 valence electrons. The van der Waals surface area contributed by atoms with Gasteiger partial charge < -0.3 is 20.9 Å². The van der Waals surface area contributed by atoms with Crippen LogP contribution in [0.25, 0.3) is 32.9 Å². The van der Waals surface area contributed by atoms with Crippen molar-refractivity contribution in [2.24, 2.45) is 5.73 Å². The van der Waals surface area contributed by atoms with Gasteiger partial charge >= 0.3 is 6.03 Å². The Morgan fingerprint density at radius 1 is 0.950 bits per heavy atom. The number of nitrogens with zero attached hydrogens (tertiary/aromatic N) is 2. The molecule has 9 heteroatoms. The van der Waals surface area contributed by atoms with Crippen LogP contribution >= 0.6 is 11.6 Å². The highest BCUT2D eigenvalue weighted by molar-refractivity contribution is 6.31. The number of anilines is 2. The molecule has 0 aliphatic carbocycles. The van der Waals surface area contributed by atoms with Gasteiger partial charge in [-0.05, 0) is 65.6 Å². The van der Waals surface area contributed by atoms with Gasteiger partial charge in [0.1, 0.15) is 0 Å². The van der Waals surface area contributed by atoms with Crippen molar-refractivity contribution >= 4 is 62.6 Å². The third kappa shape index (κ3) is 3.56. The van der Waals surface area contributed by atoms with Crippen molar-refractivity contribution in [3.8, 4) is 11.1 Å². The second-order valence-electron chi connectivity index (χ2n) is 10.2. The normalized spacial score (nSPS) is 14.8. The van der Waals surface area contributed by atoms with Gasteiger partial charge in [-0.3, -0.25) is 14.5 Å². The molecular weight excluding hydrogens is 526 g/mol. The molecule has 1 saturated heterocycles. The lowest BCUT2D eigenvalue weighted by molar-refractivity contribution is 0.0990. The molecule has 8 nitrogen and oxygen atoms in total. The van der Waals surface area contributed by atoms with E-state index in [1.807, 2.05) is 55.5 Å². The van der Waals surface area contributed by atoms with Gasteiger partial charge in [-0.15, -0.1) is 0 Å². The van der Waals surface area contributed by atoms with Gasteiger partial charge in [0.15, 0.2) is 0 Å². The molecule has 2 aliphatic rings. The van der Waals surface area contributed by atoms with Crippen molar-refractivity contribution in [2.75, 3.05) is 22.9 Å². The van der Waals surface area contributed by atoms with Crippen LogP contribution in [-0.4, -0.2) is 35.9 Å². The van der Waals surface area contributed by atoms with E-state index >= 15 is 0 Å². The van der Waals surface area contributed by atoms with Crippen LogP contribution in [0.2, 0.25) is 5.02 Å². The summed E-state index contributed by atoms with van der Waals surface area (Å²) in [6, 6.07) is 20.6. The first kappa shape index (κ1) is 24.2. The summed E-state index contributed by atoms with van der Waals surface area (Å²) in [6.07, 6.45) is 0. The Bertz CT molecular complexity index is 1930. The summed E-state index contributed by atoms with van der Waals surface area (Å²) < 4.78 is 0. The minimum Gasteiger partial charge on any atom is -0.366 e. The maximum absolute atomic E-state index is 13.4. The van der Waals surface area contributed by atoms with Crippen LogP contribution in [0.4, 0.5) is 16.2 Å². The van der Waals surface area contributed by atoms with Crippen molar-refractivity contribution < 1.29 is 14.4 Å². The van der Waals surface area contributed by atoms with Gasteiger partial charge in [-0.2, -0.15) is 0 Å². The first-order valence-electron chi connectivity index (χ1n) is 13.0. The van der Waals surface area contributed by atoms with Crippen LogP contribution in [0, 0.1) is 6.92 Å². The number of hydrogen-bond donors (Lipinski definition) is 3. The Kier molecular flexibility index (Phi) is 5.37. The molecule has 0 unspecified atom stereocenters. The first-order chi connectivity index (χ1) is 19.3. The van der Waals surface area contributed by atoms with Crippen molar-refractivity contribution in [1.82, 2.24) is 10.3 Å². The molecule has 3 heterocycles. The maximum atomic E-state index is 13.4. The third-order valence-electron chi connectivity index (χ3n) is 7.93. The predicted octanol–water partition coefficient (Wildman–Crippen LogP) is 5.74. The summed E-state index contributed by atoms with van der Waals surface area (Å²) in [6.45, 7) is 3.64. The Balaban J connectivity index is 1.40. The molecule has 4 aromatic carbocycles. The number of hydrogen-bond acceptors (Lipinski definition) is 3. The smallest absolute Gasteiger partial charge is 0.321 e. The Labute approximate surface area is 234 Å². The zero-order valence-electron chi connectivity index (χ0n) is 21.5. The number of urea groups is 1. The second kappa shape index (κ2) is 8.86. The number of halogens is 1. The van der Waals surface area contributed by atoms with Crippen LogP contribution in [0.5, 0.6) is 0 Å². The van der Waals surface area contributed by atoms with Crippen LogP contribution in [0.3, 0.4) is 0 Å². The summed E-state index contributed by atoms with van der Waals surface area (Å²) in [7, 11) is 0. The van der Waals surface area contributed by atoms with Gasteiger partial charge in [-0.1, -0.05) is 41.9 Å². The highest BCUT2D eigenvalue weighted by Crippen LogP contribution is 2.42. The molecule has 4 N–H and O–H groups in total. The third-order valence-corrected chi connectivity index (χ3v) is 8.17. The number of nitrogens with two attached hydrogens (primary N) is 1. The number of aromatic nitrogens is 1. The average Bonchev–Trinajstić information content (AvgIpc) is 3.63. The number of fused-ring (bicyclic) bond motifs is 4. The predicted molar refractivity (Wildman–Crippen MR) is 157 cm³/mol. The minimum absolute atomic E-state index is 0.0856. The van der Waals surface area contributed by atoms with Gasteiger partial charge in [0.05, 0.1) is 17.6 Å². The lowest BCUT2D eigenvalue weighted by atomic mass is 9.93. The Morgan fingerprint density at radius 3 is 2.58 bits per heavy atom. The summed E-state index contributed by atoms with van der Waals surface area (Å²) in [5.74, 6) is -0.621. The molecule has 40 heavy (non-hydrogen) atoms. The van der Waals surface area contributed by atoms with E-state index in [0.29, 0.717) is 41.3 Å². The van der Waals surface area contributed by atoms with Crippen LogP contribution in [-0.2, 0) is 6.54 Å². The number of carbonyl (C=O) groups is 3. The van der Waals surface area contributed by atoms with Crippen LogP contribution in [0.15, 0.2) is 66.7 Å². The Hall–Kier alpha value is -4.82. The van der Waals surface area contributed by atoms with E-state index in [1.165, 1.54) is 0 Å².